The zero-order chi connectivity index (χ0) is 14.8. The molecule has 0 bridgehead atoms. The summed E-state index contributed by atoms with van der Waals surface area (Å²) in [6.07, 6.45) is 2.36. The van der Waals surface area contributed by atoms with E-state index < -0.39 is 9.84 Å². The fraction of sp³-hybridized carbons (Fsp3) is 0.500. The van der Waals surface area contributed by atoms with Gasteiger partial charge in [0, 0.05) is 18.2 Å². The summed E-state index contributed by atoms with van der Waals surface area (Å²) in [5.74, 6) is 0.0800. The third kappa shape index (κ3) is 3.58. The molecule has 3 N–H and O–H groups in total. The SMILES string of the molecule is CCN(CCS(=O)(=O)c1ccc(C(=N)N)cc1)C1CC1. The molecule has 2 rings (SSSR count). The molecule has 0 saturated heterocycles. The topological polar surface area (TPSA) is 87.2 Å². The molecule has 0 heterocycles. The molecule has 0 spiro atoms. The van der Waals surface area contributed by atoms with Crippen LogP contribution in [-0.4, -0.2) is 44.0 Å². The molecule has 0 atom stereocenters. The van der Waals surface area contributed by atoms with Gasteiger partial charge in [-0.15, -0.1) is 0 Å². The Kier molecular flexibility index (Phi) is 4.45. The molecule has 6 heteroatoms. The summed E-state index contributed by atoms with van der Waals surface area (Å²) in [6.45, 7) is 3.54. The summed E-state index contributed by atoms with van der Waals surface area (Å²) in [5, 5.41) is 7.30. The lowest BCUT2D eigenvalue weighted by molar-refractivity contribution is 0.294. The monoisotopic (exact) mass is 295 g/mol. The lowest BCUT2D eigenvalue weighted by atomic mass is 10.2. The summed E-state index contributed by atoms with van der Waals surface area (Å²) in [6, 6.07) is 6.79. The average Bonchev–Trinajstić information content (AvgIpc) is 3.24. The van der Waals surface area contributed by atoms with Crippen molar-refractivity contribution in [3.63, 3.8) is 0 Å². The Balaban J connectivity index is 2.03. The number of sulfone groups is 1. The standard InChI is InChI=1S/C14H21N3O2S/c1-2-17(12-5-6-12)9-10-20(18,19)13-7-3-11(4-8-13)14(15)16/h3-4,7-8,12H,2,5-6,9-10H2,1H3,(H3,15,16). The molecule has 0 amide bonds. The first kappa shape index (κ1) is 15.0. The van der Waals surface area contributed by atoms with Gasteiger partial charge in [-0.25, -0.2) is 8.42 Å². The van der Waals surface area contributed by atoms with Crippen molar-refractivity contribution in [3.05, 3.63) is 29.8 Å². The number of rotatable bonds is 7. The largest absolute Gasteiger partial charge is 0.384 e. The molecule has 1 aromatic rings. The average molecular weight is 295 g/mol. The zero-order valence-electron chi connectivity index (χ0n) is 11.7. The van der Waals surface area contributed by atoms with Gasteiger partial charge in [0.05, 0.1) is 10.6 Å². The third-order valence-electron chi connectivity index (χ3n) is 3.64. The Hall–Kier alpha value is -1.40. The van der Waals surface area contributed by atoms with Crippen molar-refractivity contribution in [2.24, 2.45) is 5.73 Å². The second-order valence-corrected chi connectivity index (χ2v) is 7.23. The van der Waals surface area contributed by atoms with Gasteiger partial charge in [0.15, 0.2) is 9.84 Å². The van der Waals surface area contributed by atoms with E-state index in [1.165, 1.54) is 25.0 Å². The quantitative estimate of drug-likeness (QED) is 0.585. The predicted octanol–water partition coefficient (Wildman–Crippen LogP) is 1.23. The minimum Gasteiger partial charge on any atom is -0.384 e. The van der Waals surface area contributed by atoms with Gasteiger partial charge >= 0.3 is 0 Å². The van der Waals surface area contributed by atoms with Crippen molar-refractivity contribution in [3.8, 4) is 0 Å². The molecular weight excluding hydrogens is 274 g/mol. The van der Waals surface area contributed by atoms with Crippen LogP contribution in [0.3, 0.4) is 0 Å². The summed E-state index contributed by atoms with van der Waals surface area (Å²) in [5.41, 5.74) is 5.90. The highest BCUT2D eigenvalue weighted by Crippen LogP contribution is 2.26. The summed E-state index contributed by atoms with van der Waals surface area (Å²) in [4.78, 5) is 2.52. The van der Waals surface area contributed by atoms with E-state index in [2.05, 4.69) is 11.8 Å². The van der Waals surface area contributed by atoms with E-state index in [4.69, 9.17) is 11.1 Å². The Morgan fingerprint density at radius 3 is 2.40 bits per heavy atom. The van der Waals surface area contributed by atoms with Gasteiger partial charge in [-0.3, -0.25) is 10.3 Å². The van der Waals surface area contributed by atoms with Gasteiger partial charge in [0.25, 0.3) is 0 Å². The molecule has 1 saturated carbocycles. The highest BCUT2D eigenvalue weighted by atomic mass is 32.2. The Morgan fingerprint density at radius 2 is 1.95 bits per heavy atom. The lowest BCUT2D eigenvalue weighted by Gasteiger charge is -2.19. The van der Waals surface area contributed by atoms with Crippen LogP contribution in [-0.2, 0) is 9.84 Å². The number of nitrogen functional groups attached to an aromatic ring is 1. The van der Waals surface area contributed by atoms with E-state index >= 15 is 0 Å². The van der Waals surface area contributed by atoms with Crippen LogP contribution in [0.1, 0.15) is 25.3 Å². The zero-order valence-corrected chi connectivity index (χ0v) is 12.5. The van der Waals surface area contributed by atoms with Crippen molar-refractivity contribution >= 4 is 15.7 Å². The van der Waals surface area contributed by atoms with Crippen LogP contribution < -0.4 is 5.73 Å². The number of benzene rings is 1. The van der Waals surface area contributed by atoms with E-state index in [9.17, 15) is 8.42 Å². The van der Waals surface area contributed by atoms with Gasteiger partial charge in [0.2, 0.25) is 0 Å². The maximum Gasteiger partial charge on any atom is 0.179 e. The molecule has 0 unspecified atom stereocenters. The number of hydrogen-bond donors (Lipinski definition) is 2. The summed E-state index contributed by atoms with van der Waals surface area (Å²) in [7, 11) is -3.27. The van der Waals surface area contributed by atoms with Crippen LogP contribution in [0.25, 0.3) is 0 Å². The molecule has 1 aliphatic rings. The third-order valence-corrected chi connectivity index (χ3v) is 5.35. The predicted molar refractivity (Wildman–Crippen MR) is 79.8 cm³/mol. The maximum atomic E-state index is 12.3. The molecule has 0 radical (unpaired) electrons. The van der Waals surface area contributed by atoms with Crippen molar-refractivity contribution in [1.82, 2.24) is 4.90 Å². The van der Waals surface area contributed by atoms with E-state index in [0.717, 1.165) is 6.54 Å². The van der Waals surface area contributed by atoms with Gasteiger partial charge < -0.3 is 5.73 Å². The van der Waals surface area contributed by atoms with Crippen LogP contribution in [0.4, 0.5) is 0 Å². The second kappa shape index (κ2) is 5.93. The van der Waals surface area contributed by atoms with Crippen LogP contribution >= 0.6 is 0 Å². The molecule has 20 heavy (non-hydrogen) atoms. The van der Waals surface area contributed by atoms with E-state index in [1.54, 1.807) is 12.1 Å². The van der Waals surface area contributed by atoms with Gasteiger partial charge in [0.1, 0.15) is 5.84 Å². The van der Waals surface area contributed by atoms with E-state index in [1.807, 2.05) is 0 Å². The highest BCUT2D eigenvalue weighted by molar-refractivity contribution is 7.91. The van der Waals surface area contributed by atoms with Crippen molar-refractivity contribution in [2.75, 3.05) is 18.8 Å². The molecule has 1 aliphatic carbocycles. The summed E-state index contributed by atoms with van der Waals surface area (Å²) >= 11 is 0. The number of amidine groups is 1. The van der Waals surface area contributed by atoms with Crippen LogP contribution in [0.5, 0.6) is 0 Å². The molecule has 1 fully saturated rings. The molecule has 0 aliphatic heterocycles. The minimum atomic E-state index is -3.27. The number of nitrogens with zero attached hydrogens (tertiary/aromatic N) is 1. The lowest BCUT2D eigenvalue weighted by Crippen LogP contribution is -2.31. The second-order valence-electron chi connectivity index (χ2n) is 5.12. The first-order chi connectivity index (χ1) is 9.44. The van der Waals surface area contributed by atoms with Gasteiger partial charge in [-0.05, 0) is 31.5 Å². The molecule has 0 aromatic heterocycles. The normalized spacial score (nSPS) is 15.5. The van der Waals surface area contributed by atoms with Crippen LogP contribution in [0, 0.1) is 5.41 Å². The molecule has 1 aromatic carbocycles. The first-order valence-electron chi connectivity index (χ1n) is 6.85. The van der Waals surface area contributed by atoms with Gasteiger partial charge in [-0.1, -0.05) is 19.1 Å². The summed E-state index contributed by atoms with van der Waals surface area (Å²) < 4.78 is 24.5. The first-order valence-corrected chi connectivity index (χ1v) is 8.50. The highest BCUT2D eigenvalue weighted by Gasteiger charge is 2.28. The molecular formula is C14H21N3O2S. The molecule has 110 valence electrons. The smallest absolute Gasteiger partial charge is 0.179 e. The molecule has 5 nitrogen and oxygen atoms in total. The maximum absolute atomic E-state index is 12.3. The minimum absolute atomic E-state index is 0.0557. The fourth-order valence-corrected chi connectivity index (χ4v) is 3.50. The van der Waals surface area contributed by atoms with E-state index in [0.29, 0.717) is 23.0 Å². The number of nitrogens with two attached hydrogens (primary N) is 1. The van der Waals surface area contributed by atoms with Crippen LogP contribution in [0.2, 0.25) is 0 Å². The van der Waals surface area contributed by atoms with E-state index in [-0.39, 0.29) is 11.6 Å². The Morgan fingerprint density at radius 1 is 1.35 bits per heavy atom. The number of hydrogen-bond acceptors (Lipinski definition) is 4. The van der Waals surface area contributed by atoms with Crippen molar-refractivity contribution in [2.45, 2.75) is 30.7 Å². The van der Waals surface area contributed by atoms with Crippen molar-refractivity contribution in [1.29, 1.82) is 5.41 Å². The van der Waals surface area contributed by atoms with Gasteiger partial charge in [-0.2, -0.15) is 0 Å². The van der Waals surface area contributed by atoms with Crippen molar-refractivity contribution < 1.29 is 8.42 Å². The number of nitrogens with one attached hydrogen (secondary N) is 1. The fourth-order valence-electron chi connectivity index (χ4n) is 2.24. The van der Waals surface area contributed by atoms with Crippen LogP contribution in [0.15, 0.2) is 29.2 Å². The Labute approximate surface area is 120 Å². The Bertz CT molecular complexity index is 577.